The van der Waals surface area contributed by atoms with E-state index in [0.29, 0.717) is 17.1 Å². The highest BCUT2D eigenvalue weighted by atomic mass is 16.5. The fourth-order valence-corrected chi connectivity index (χ4v) is 8.51. The molecule has 9 atom stereocenters. The molecule has 0 heterocycles. The first-order chi connectivity index (χ1) is 14.1. The monoisotopic (exact) mass is 417 g/mol. The van der Waals surface area contributed by atoms with Crippen LogP contribution < -0.4 is 5.73 Å². The molecule has 0 spiro atoms. The van der Waals surface area contributed by atoms with E-state index in [2.05, 4.69) is 13.8 Å². The van der Waals surface area contributed by atoms with Crippen molar-refractivity contribution in [3.05, 3.63) is 0 Å². The average Bonchev–Trinajstić information content (AvgIpc) is 3.05. The Balaban J connectivity index is 1.45. The topological polar surface area (TPSA) is 69.4 Å². The van der Waals surface area contributed by atoms with Gasteiger partial charge < -0.3 is 10.5 Å². The molecule has 4 aliphatic rings. The first-order valence-electron chi connectivity index (χ1n) is 12.5. The molecule has 0 aromatic heterocycles. The number of ether oxygens (including phenoxy) is 1. The fourth-order valence-electron chi connectivity index (χ4n) is 8.51. The molecule has 0 aromatic rings. The number of esters is 1. The summed E-state index contributed by atoms with van der Waals surface area (Å²) in [7, 11) is 0. The summed E-state index contributed by atoms with van der Waals surface area (Å²) in [6.07, 6.45) is 10.6. The van der Waals surface area contributed by atoms with Gasteiger partial charge in [-0.05, 0) is 105 Å². The summed E-state index contributed by atoms with van der Waals surface area (Å²) in [5.41, 5.74) is 6.61. The second kappa shape index (κ2) is 7.90. The van der Waals surface area contributed by atoms with Crippen LogP contribution in [0.2, 0.25) is 0 Å². The summed E-state index contributed by atoms with van der Waals surface area (Å²) in [5, 5.41) is 0. The van der Waals surface area contributed by atoms with E-state index in [-0.39, 0.29) is 29.3 Å². The van der Waals surface area contributed by atoms with Gasteiger partial charge in [-0.2, -0.15) is 0 Å². The molecular formula is C26H43NO3. The van der Waals surface area contributed by atoms with Crippen molar-refractivity contribution >= 4 is 11.8 Å². The summed E-state index contributed by atoms with van der Waals surface area (Å²) in [4.78, 5) is 24.7. The van der Waals surface area contributed by atoms with E-state index in [9.17, 15) is 9.59 Å². The Hall–Kier alpha value is -0.900. The number of hydrogen-bond donors (Lipinski definition) is 1. The van der Waals surface area contributed by atoms with Gasteiger partial charge in [0.15, 0.2) is 0 Å². The minimum atomic E-state index is -0.512. The van der Waals surface area contributed by atoms with Gasteiger partial charge in [0, 0.05) is 5.92 Å². The van der Waals surface area contributed by atoms with Gasteiger partial charge in [-0.15, -0.1) is 0 Å². The highest BCUT2D eigenvalue weighted by Gasteiger charge is 2.60. The quantitative estimate of drug-likeness (QED) is 0.644. The normalized spacial score (nSPS) is 46.5. The highest BCUT2D eigenvalue weighted by Crippen LogP contribution is 2.67. The van der Waals surface area contributed by atoms with Crippen molar-refractivity contribution in [3.8, 4) is 0 Å². The minimum Gasteiger partial charge on any atom is -0.461 e. The molecule has 170 valence electrons. The van der Waals surface area contributed by atoms with Crippen LogP contribution in [-0.4, -0.2) is 23.9 Å². The van der Waals surface area contributed by atoms with Crippen LogP contribution in [0.4, 0.5) is 0 Å². The molecule has 0 saturated heterocycles. The Morgan fingerprint density at radius 3 is 2.27 bits per heavy atom. The zero-order chi connectivity index (χ0) is 21.8. The minimum absolute atomic E-state index is 0.0411. The maximum Gasteiger partial charge on any atom is 0.323 e. The van der Waals surface area contributed by atoms with Crippen LogP contribution in [0.5, 0.6) is 0 Å². The molecular weight excluding hydrogens is 374 g/mol. The maximum atomic E-state index is 12.4. The van der Waals surface area contributed by atoms with Crippen LogP contribution in [0.3, 0.4) is 0 Å². The first-order valence-corrected chi connectivity index (χ1v) is 12.5. The predicted molar refractivity (Wildman–Crippen MR) is 119 cm³/mol. The molecule has 0 bridgehead atoms. The molecule has 0 amide bonds. The molecule has 4 aliphatic carbocycles. The number of carbonyl (C=O) groups excluding carboxylic acids is 2. The highest BCUT2D eigenvalue weighted by molar-refractivity contribution is 5.79. The fraction of sp³-hybridized carbons (Fsp3) is 0.923. The van der Waals surface area contributed by atoms with Crippen LogP contribution in [0.25, 0.3) is 0 Å². The van der Waals surface area contributed by atoms with E-state index in [1.807, 2.05) is 20.8 Å². The van der Waals surface area contributed by atoms with Crippen LogP contribution in [0.1, 0.15) is 92.4 Å². The van der Waals surface area contributed by atoms with Crippen LogP contribution in [0, 0.1) is 46.3 Å². The Kier molecular flexibility index (Phi) is 5.87. The van der Waals surface area contributed by atoms with Crippen molar-refractivity contribution < 1.29 is 14.3 Å². The van der Waals surface area contributed by atoms with E-state index >= 15 is 0 Å². The maximum absolute atomic E-state index is 12.4. The van der Waals surface area contributed by atoms with E-state index < -0.39 is 6.04 Å². The Bertz CT molecular complexity index is 690. The molecule has 4 nitrogen and oxygen atoms in total. The number of nitrogens with two attached hydrogens (primary N) is 1. The molecule has 4 heteroatoms. The van der Waals surface area contributed by atoms with Gasteiger partial charge in [-0.25, -0.2) is 0 Å². The predicted octanol–water partition coefficient (Wildman–Crippen LogP) is 5.13. The summed E-state index contributed by atoms with van der Waals surface area (Å²) < 4.78 is 5.87. The number of fused-ring (bicyclic) bond motifs is 5. The first kappa shape index (κ1) is 22.3. The van der Waals surface area contributed by atoms with Crippen molar-refractivity contribution in [2.24, 2.45) is 52.1 Å². The van der Waals surface area contributed by atoms with Crippen molar-refractivity contribution in [2.45, 2.75) is 105 Å². The van der Waals surface area contributed by atoms with Crippen molar-refractivity contribution in [2.75, 3.05) is 0 Å². The molecule has 4 rings (SSSR count). The summed E-state index contributed by atoms with van der Waals surface area (Å²) >= 11 is 0. The SMILES string of the molecule is CC(=O)C1CCC2C3CC[C@H]4C[C@H](OC(=O)C(N)C(C)C)CCC4(C)C3CCC12C. The van der Waals surface area contributed by atoms with Gasteiger partial charge in [-0.1, -0.05) is 27.7 Å². The van der Waals surface area contributed by atoms with Gasteiger partial charge in [-0.3, -0.25) is 9.59 Å². The molecule has 4 saturated carbocycles. The number of Topliss-reactive ketones (excluding diaryl/α,β-unsaturated/α-hetero) is 1. The number of ketones is 1. The average molecular weight is 418 g/mol. The summed E-state index contributed by atoms with van der Waals surface area (Å²) in [6.45, 7) is 10.7. The lowest BCUT2D eigenvalue weighted by atomic mass is 9.44. The Labute approximate surface area is 183 Å². The van der Waals surface area contributed by atoms with E-state index in [0.717, 1.165) is 43.4 Å². The van der Waals surface area contributed by atoms with Crippen molar-refractivity contribution in [3.63, 3.8) is 0 Å². The van der Waals surface area contributed by atoms with E-state index in [4.69, 9.17) is 10.5 Å². The van der Waals surface area contributed by atoms with Crippen molar-refractivity contribution in [1.29, 1.82) is 0 Å². The van der Waals surface area contributed by atoms with Gasteiger partial charge in [0.25, 0.3) is 0 Å². The molecule has 2 N–H and O–H groups in total. The molecule has 7 unspecified atom stereocenters. The molecule has 4 fully saturated rings. The Morgan fingerprint density at radius 1 is 0.933 bits per heavy atom. The standard InChI is InChI=1S/C26H43NO3/c1-15(2)23(27)24(29)30-18-10-12-25(4)17(14-18)6-7-19-21-9-8-20(16(3)28)26(21,5)13-11-22(19)25/h15,17-23H,6-14,27H2,1-5H3/t17-,18+,19?,20?,21?,22?,23?,25?,26?/m0/s1. The van der Waals surface area contributed by atoms with Gasteiger partial charge in [0.2, 0.25) is 0 Å². The van der Waals surface area contributed by atoms with Gasteiger partial charge >= 0.3 is 5.97 Å². The largest absolute Gasteiger partial charge is 0.461 e. The molecule has 0 radical (unpaired) electrons. The third kappa shape index (κ3) is 3.45. The second-order valence-corrected chi connectivity index (χ2v) is 12.0. The lowest BCUT2D eigenvalue weighted by Gasteiger charge is -2.61. The molecule has 0 aromatic carbocycles. The third-order valence-corrected chi connectivity index (χ3v) is 10.4. The number of rotatable bonds is 4. The van der Waals surface area contributed by atoms with Crippen molar-refractivity contribution in [1.82, 2.24) is 0 Å². The van der Waals surface area contributed by atoms with Crippen LogP contribution in [-0.2, 0) is 14.3 Å². The van der Waals surface area contributed by atoms with E-state index in [1.54, 1.807) is 0 Å². The van der Waals surface area contributed by atoms with Gasteiger partial charge in [0.05, 0.1) is 0 Å². The Morgan fingerprint density at radius 2 is 1.60 bits per heavy atom. The summed E-state index contributed by atoms with van der Waals surface area (Å²) in [6, 6.07) is -0.512. The zero-order valence-electron chi connectivity index (χ0n) is 19.8. The number of hydrogen-bond acceptors (Lipinski definition) is 4. The lowest BCUT2D eigenvalue weighted by Crippen LogP contribution is -2.54. The second-order valence-electron chi connectivity index (χ2n) is 12.0. The number of carbonyl (C=O) groups is 2. The summed E-state index contributed by atoms with van der Waals surface area (Å²) in [5.74, 6) is 3.52. The molecule has 30 heavy (non-hydrogen) atoms. The van der Waals surface area contributed by atoms with Gasteiger partial charge in [0.1, 0.15) is 17.9 Å². The third-order valence-electron chi connectivity index (χ3n) is 10.4. The van der Waals surface area contributed by atoms with E-state index in [1.165, 1.54) is 32.1 Å². The smallest absolute Gasteiger partial charge is 0.323 e. The van der Waals surface area contributed by atoms with Crippen LogP contribution >= 0.6 is 0 Å². The lowest BCUT2D eigenvalue weighted by molar-refractivity contribution is -0.165. The zero-order valence-corrected chi connectivity index (χ0v) is 19.8. The molecule has 0 aliphatic heterocycles. The van der Waals surface area contributed by atoms with Crippen LogP contribution in [0.15, 0.2) is 0 Å².